The fourth-order valence-electron chi connectivity index (χ4n) is 4.13. The molecule has 0 aliphatic rings. The van der Waals surface area contributed by atoms with E-state index in [1.54, 1.807) is 0 Å². The number of rotatable bonds is 7. The predicted molar refractivity (Wildman–Crippen MR) is 128 cm³/mol. The first kappa shape index (κ1) is 20.9. The summed E-state index contributed by atoms with van der Waals surface area (Å²) in [5.74, 6) is 0.504. The molecule has 3 aromatic rings. The summed E-state index contributed by atoms with van der Waals surface area (Å²) in [5.41, 5.74) is 11.8. The van der Waals surface area contributed by atoms with E-state index < -0.39 is 0 Å². The lowest BCUT2D eigenvalue weighted by Crippen LogP contribution is -2.07. The fraction of sp³-hybridized carbons (Fsp3) is 0.241. The van der Waals surface area contributed by atoms with Crippen LogP contribution < -0.4 is 0 Å². The monoisotopic (exact) mass is 380 g/mol. The number of allylic oxidation sites excluding steroid dienone is 2. The van der Waals surface area contributed by atoms with E-state index >= 15 is 0 Å². The highest BCUT2D eigenvalue weighted by atomic mass is 14.2. The highest BCUT2D eigenvalue weighted by Gasteiger charge is 2.17. The minimum atomic E-state index is 0.504. The summed E-state index contributed by atoms with van der Waals surface area (Å²) in [6.07, 6.45) is 1.74. The molecule has 0 bridgehead atoms. The van der Waals surface area contributed by atoms with Crippen molar-refractivity contribution >= 4 is 11.1 Å². The van der Waals surface area contributed by atoms with Crippen LogP contribution in [0.15, 0.2) is 79.9 Å². The Bertz CT molecular complexity index is 1000. The van der Waals surface area contributed by atoms with Gasteiger partial charge in [-0.3, -0.25) is 0 Å². The molecule has 3 rings (SSSR count). The van der Waals surface area contributed by atoms with Gasteiger partial charge in [-0.25, -0.2) is 0 Å². The van der Waals surface area contributed by atoms with Crippen molar-refractivity contribution in [2.24, 2.45) is 0 Å². The number of aryl methyl sites for hydroxylation is 1. The lowest BCUT2D eigenvalue weighted by Gasteiger charge is -2.23. The van der Waals surface area contributed by atoms with E-state index in [0.717, 1.165) is 18.4 Å². The molecule has 0 fully saturated rings. The molecule has 0 nitrogen and oxygen atoms in total. The van der Waals surface area contributed by atoms with Crippen LogP contribution in [-0.4, -0.2) is 0 Å². The lowest BCUT2D eigenvalue weighted by molar-refractivity contribution is 0.846. The maximum Gasteiger partial charge on any atom is -0.00200 e. The molecule has 0 radical (unpaired) electrons. The first-order valence-corrected chi connectivity index (χ1v) is 10.5. The Hall–Kier alpha value is -2.86. The van der Waals surface area contributed by atoms with E-state index in [4.69, 9.17) is 0 Å². The summed E-state index contributed by atoms with van der Waals surface area (Å²) in [6.45, 7) is 17.9. The number of benzene rings is 3. The van der Waals surface area contributed by atoms with Crippen LogP contribution in [0.3, 0.4) is 0 Å². The third kappa shape index (κ3) is 4.77. The Labute approximate surface area is 176 Å². The highest BCUT2D eigenvalue weighted by molar-refractivity contribution is 5.71. The van der Waals surface area contributed by atoms with Gasteiger partial charge in [0.2, 0.25) is 0 Å². The molecule has 0 N–H and O–H groups in total. The van der Waals surface area contributed by atoms with Gasteiger partial charge in [-0.15, -0.1) is 0 Å². The van der Waals surface area contributed by atoms with Gasteiger partial charge in [0.05, 0.1) is 0 Å². The predicted octanol–water partition coefficient (Wildman–Crippen LogP) is 7.94. The molecule has 0 atom stereocenters. The van der Waals surface area contributed by atoms with Crippen LogP contribution in [-0.2, 0) is 12.8 Å². The van der Waals surface area contributed by atoms with E-state index in [1.807, 2.05) is 0 Å². The molecule has 0 amide bonds. The Morgan fingerprint density at radius 2 is 1.17 bits per heavy atom. The molecule has 0 heteroatoms. The largest absolute Gasteiger partial charge is 0.0949 e. The van der Waals surface area contributed by atoms with Crippen molar-refractivity contribution in [1.82, 2.24) is 0 Å². The number of hydrogen-bond acceptors (Lipinski definition) is 0. The first-order valence-electron chi connectivity index (χ1n) is 10.5. The molecule has 0 saturated carbocycles. The summed E-state index contributed by atoms with van der Waals surface area (Å²) in [4.78, 5) is 0. The first-order chi connectivity index (χ1) is 13.9. The van der Waals surface area contributed by atoms with Crippen molar-refractivity contribution in [1.29, 1.82) is 0 Å². The second kappa shape index (κ2) is 9.09. The summed E-state index contributed by atoms with van der Waals surface area (Å²) < 4.78 is 0. The van der Waals surface area contributed by atoms with Crippen LogP contribution in [0.2, 0.25) is 0 Å². The zero-order valence-corrected chi connectivity index (χ0v) is 18.3. The molecule has 0 unspecified atom stereocenters. The van der Waals surface area contributed by atoms with Gasteiger partial charge >= 0.3 is 0 Å². The van der Waals surface area contributed by atoms with E-state index in [9.17, 15) is 0 Å². The molecule has 0 aromatic heterocycles. The maximum atomic E-state index is 4.42. The van der Waals surface area contributed by atoms with E-state index in [0.29, 0.717) is 5.92 Å². The summed E-state index contributed by atoms with van der Waals surface area (Å²) in [5, 5.41) is 0. The Balaban J connectivity index is 2.03. The van der Waals surface area contributed by atoms with Gasteiger partial charge in [0.25, 0.3) is 0 Å². The zero-order chi connectivity index (χ0) is 21.0. The third-order valence-corrected chi connectivity index (χ3v) is 5.86. The van der Waals surface area contributed by atoms with Crippen molar-refractivity contribution in [2.75, 3.05) is 0 Å². The summed E-state index contributed by atoms with van der Waals surface area (Å²) in [7, 11) is 0. The van der Waals surface area contributed by atoms with E-state index in [2.05, 4.69) is 108 Å². The molecular formula is C29H32. The van der Waals surface area contributed by atoms with Crippen LogP contribution in [0.25, 0.3) is 11.1 Å². The van der Waals surface area contributed by atoms with Crippen LogP contribution in [0.4, 0.5) is 0 Å². The minimum Gasteiger partial charge on any atom is -0.0949 e. The normalized spacial score (nSPS) is 10.9. The van der Waals surface area contributed by atoms with Crippen molar-refractivity contribution < 1.29 is 0 Å². The molecule has 0 aliphatic heterocycles. The van der Waals surface area contributed by atoms with Crippen LogP contribution in [0.1, 0.15) is 58.7 Å². The maximum absolute atomic E-state index is 4.42. The Kier molecular flexibility index (Phi) is 6.54. The van der Waals surface area contributed by atoms with E-state index in [1.165, 1.54) is 44.5 Å². The quantitative estimate of drug-likeness (QED) is 0.390. The highest BCUT2D eigenvalue weighted by Crippen LogP contribution is 2.33. The van der Waals surface area contributed by atoms with Gasteiger partial charge < -0.3 is 0 Å². The lowest BCUT2D eigenvalue weighted by atomic mass is 9.82. The van der Waals surface area contributed by atoms with Gasteiger partial charge in [0.1, 0.15) is 0 Å². The molecule has 0 heterocycles. The van der Waals surface area contributed by atoms with Gasteiger partial charge in [0.15, 0.2) is 0 Å². The second-order valence-corrected chi connectivity index (χ2v) is 8.31. The minimum absolute atomic E-state index is 0.504. The average Bonchev–Trinajstić information content (AvgIpc) is 2.73. The standard InChI is InChI=1S/C29H32/c1-20(2)27-19-23(5)28(17-21(3)25-13-9-7-10-14-25)29(24(27)6)18-22(4)26-15-11-8-12-16-26/h7-16,19-20H,3-4,17-18H2,1-2,5-6H3. The van der Waals surface area contributed by atoms with E-state index in [-0.39, 0.29) is 0 Å². The van der Waals surface area contributed by atoms with Crippen molar-refractivity contribution in [2.45, 2.75) is 46.5 Å². The zero-order valence-electron chi connectivity index (χ0n) is 18.3. The van der Waals surface area contributed by atoms with Crippen molar-refractivity contribution in [3.8, 4) is 0 Å². The molecule has 29 heavy (non-hydrogen) atoms. The summed E-state index contributed by atoms with van der Waals surface area (Å²) >= 11 is 0. The average molecular weight is 381 g/mol. The fourth-order valence-corrected chi connectivity index (χ4v) is 4.13. The van der Waals surface area contributed by atoms with Gasteiger partial charge in [-0.05, 0) is 82.7 Å². The molecule has 0 saturated heterocycles. The summed E-state index contributed by atoms with van der Waals surface area (Å²) in [6, 6.07) is 23.4. The molecule has 3 aromatic carbocycles. The smallest absolute Gasteiger partial charge is 0.00200 e. The van der Waals surface area contributed by atoms with Crippen LogP contribution in [0, 0.1) is 13.8 Å². The second-order valence-electron chi connectivity index (χ2n) is 8.31. The third-order valence-electron chi connectivity index (χ3n) is 5.86. The number of hydrogen-bond donors (Lipinski definition) is 0. The van der Waals surface area contributed by atoms with Gasteiger partial charge in [0, 0.05) is 0 Å². The Morgan fingerprint density at radius 3 is 1.62 bits per heavy atom. The SMILES string of the molecule is C=C(Cc1c(C)cc(C(C)C)c(C)c1CC(=C)c1ccccc1)c1ccccc1. The van der Waals surface area contributed by atoms with Gasteiger partial charge in [-0.1, -0.05) is 93.7 Å². The van der Waals surface area contributed by atoms with Crippen LogP contribution in [0.5, 0.6) is 0 Å². The van der Waals surface area contributed by atoms with Gasteiger partial charge in [-0.2, -0.15) is 0 Å². The topological polar surface area (TPSA) is 0 Å². The molecule has 0 aliphatic carbocycles. The molecular weight excluding hydrogens is 348 g/mol. The van der Waals surface area contributed by atoms with Crippen molar-refractivity contribution in [3.63, 3.8) is 0 Å². The molecule has 148 valence electrons. The molecule has 0 spiro atoms. The van der Waals surface area contributed by atoms with Crippen molar-refractivity contribution in [3.05, 3.63) is 119 Å². The Morgan fingerprint density at radius 1 is 0.724 bits per heavy atom. The van der Waals surface area contributed by atoms with Crippen LogP contribution >= 0.6 is 0 Å².